The number of hydrogen-bond donors (Lipinski definition) is 4. The lowest BCUT2D eigenvalue weighted by Gasteiger charge is -2.49. The third kappa shape index (κ3) is 29.3. The number of carboxylic acids is 4. The lowest BCUT2D eigenvalue weighted by Crippen LogP contribution is -2.37. The predicted octanol–water partition coefficient (Wildman–Crippen LogP) is 28.5. The van der Waals surface area contributed by atoms with E-state index in [2.05, 4.69) is 138 Å². The van der Waals surface area contributed by atoms with Crippen molar-refractivity contribution >= 4 is 47.0 Å². The Bertz CT molecular complexity index is 5540. The first-order valence-electron chi connectivity index (χ1n) is 53.6. The van der Waals surface area contributed by atoms with Crippen LogP contribution in [-0.4, -0.2) is 88.1 Å². The Balaban J connectivity index is 0.000000148. The molecule has 9 aliphatic carbocycles. The van der Waals surface area contributed by atoms with Gasteiger partial charge in [0, 0.05) is 134 Å². The molecule has 20 heteroatoms. The van der Waals surface area contributed by atoms with Crippen LogP contribution in [0.1, 0.15) is 491 Å². The van der Waals surface area contributed by atoms with Crippen molar-refractivity contribution in [3.05, 3.63) is 208 Å². The molecule has 8 aromatic rings. The van der Waals surface area contributed by atoms with Crippen LogP contribution in [0.25, 0.3) is 0 Å². The van der Waals surface area contributed by atoms with Gasteiger partial charge in [-0.25, -0.2) is 0 Å². The molecule has 9 fully saturated rings. The summed E-state index contributed by atoms with van der Waals surface area (Å²) in [6.45, 7) is 30.1. The van der Waals surface area contributed by atoms with Crippen molar-refractivity contribution in [3.8, 4) is 0 Å². The number of nitrogens with zero attached hydrogens (tertiary/aromatic N) is 4. The Morgan fingerprint density at radius 1 is 0.331 bits per heavy atom. The van der Waals surface area contributed by atoms with Gasteiger partial charge in [0.2, 0.25) is 0 Å². The average Bonchev–Trinajstić information content (AvgIpc) is 1.66. The molecule has 4 unspecified atom stereocenters. The first-order chi connectivity index (χ1) is 66.5. The van der Waals surface area contributed by atoms with Crippen molar-refractivity contribution in [2.75, 3.05) is 0 Å². The van der Waals surface area contributed by atoms with E-state index in [1.807, 2.05) is 52.0 Å². The average molecular weight is 1900 g/mol. The van der Waals surface area contributed by atoms with Crippen LogP contribution in [0.3, 0.4) is 0 Å². The summed E-state index contributed by atoms with van der Waals surface area (Å²) < 4.78 is 24.0. The highest BCUT2D eigenvalue weighted by Crippen LogP contribution is 2.62. The molecule has 20 nitrogen and oxygen atoms in total. The quantitative estimate of drug-likeness (QED) is 0.0257. The molecule has 9 aliphatic rings. The van der Waals surface area contributed by atoms with Gasteiger partial charge in [-0.3, -0.25) is 38.4 Å². The number of hydrogen-bond acceptors (Lipinski definition) is 16. The van der Waals surface area contributed by atoms with E-state index in [4.69, 9.17) is 23.2 Å². The highest BCUT2D eigenvalue weighted by Gasteiger charge is 2.51. The molecule has 0 radical (unpaired) electrons. The normalized spacial score (nSPS) is 20.6. The van der Waals surface area contributed by atoms with E-state index in [9.17, 15) is 53.7 Å². The molecule has 0 bridgehead atoms. The zero-order chi connectivity index (χ0) is 99.2. The van der Waals surface area contributed by atoms with Crippen LogP contribution < -0.4 is 0 Å². The van der Waals surface area contributed by atoms with Gasteiger partial charge in [0.15, 0.2) is 0 Å². The molecule has 17 rings (SSSR count). The van der Waals surface area contributed by atoms with Crippen molar-refractivity contribution in [2.24, 2.45) is 40.9 Å². The highest BCUT2D eigenvalue weighted by molar-refractivity contribution is 5.85. The second-order valence-corrected chi connectivity index (χ2v) is 46.3. The Hall–Kier alpha value is -9.72. The van der Waals surface area contributed by atoms with Crippen molar-refractivity contribution in [3.63, 3.8) is 0 Å². The van der Waals surface area contributed by atoms with Crippen LogP contribution in [0.5, 0.6) is 0 Å². The van der Waals surface area contributed by atoms with Gasteiger partial charge < -0.3 is 38.5 Å². The molecule has 4 heterocycles. The van der Waals surface area contributed by atoms with Crippen molar-refractivity contribution in [1.29, 1.82) is 0 Å². The minimum atomic E-state index is -0.895. The predicted molar refractivity (Wildman–Crippen MR) is 541 cm³/mol. The van der Waals surface area contributed by atoms with Crippen LogP contribution in [0.15, 0.2) is 90.9 Å². The number of benzene rings is 4. The molecule has 9 saturated carbocycles. The Kier molecular flexibility index (Phi) is 36.2. The Labute approximate surface area is 825 Å². The molecule has 1 spiro atoms. The first-order valence-corrected chi connectivity index (χ1v) is 53.6. The monoisotopic (exact) mass is 1900 g/mol. The molecule has 4 aromatic heterocycles. The summed E-state index contributed by atoms with van der Waals surface area (Å²) in [5.41, 5.74) is 22.2. The number of unbranched alkanes of at least 4 members (excludes halogenated alkanes) is 1. The number of aryl methyl sites for hydroxylation is 8. The molecule has 4 N–H and O–H groups in total. The van der Waals surface area contributed by atoms with E-state index in [-0.39, 0.29) is 73.5 Å². The molecule has 0 amide bonds. The number of carbonyl (C=O) groups is 8. The first kappa shape index (κ1) is 105. The molecule has 752 valence electrons. The molecule has 4 atom stereocenters. The van der Waals surface area contributed by atoms with Gasteiger partial charge in [0.1, 0.15) is 46.2 Å². The van der Waals surface area contributed by atoms with Gasteiger partial charge in [0.25, 0.3) is 0 Å². The van der Waals surface area contributed by atoms with Gasteiger partial charge in [-0.05, 0) is 319 Å². The van der Waals surface area contributed by atoms with Crippen molar-refractivity contribution in [2.45, 2.75) is 438 Å². The summed E-state index contributed by atoms with van der Waals surface area (Å²) in [5.74, 6) is 8.42. The maximum atomic E-state index is 13.3. The SMILES string of the molecule is Cc1ccc(CC(=O)CC(CC(=O)O)c2noc(C3CC(CCC(C)C)C3)c2C2CC2)c(C)c1.Cc1ccc(CC(=O)CC(CC(=O)O)c2noc(C3CC4(CCCCC4)C3)c2C2CC2)c(C)c1.Cc1ccc(CC(=O)CC(CCCC(=O)O)c2noc(C3CC(CC(C)C)C3)c2C2CC2)c(C)c1.Cc1ccc(CC(=O)CC(CCCCC(=O)O)c2noc(C3CC(CC(C)C)C3)c2C2CC2)c(C)c1. The molecule has 4 aromatic carbocycles. The number of carboxylic acid groups (broad SMARTS) is 4. The smallest absolute Gasteiger partial charge is 0.304 e. The summed E-state index contributed by atoms with van der Waals surface area (Å²) >= 11 is 0. The van der Waals surface area contributed by atoms with Crippen molar-refractivity contribution in [1.82, 2.24) is 20.6 Å². The van der Waals surface area contributed by atoms with Gasteiger partial charge >= 0.3 is 23.9 Å². The Morgan fingerprint density at radius 3 is 0.921 bits per heavy atom. The van der Waals surface area contributed by atoms with Crippen LogP contribution in [0.2, 0.25) is 0 Å². The van der Waals surface area contributed by atoms with Gasteiger partial charge in [-0.1, -0.05) is 196 Å². The number of Topliss-reactive ketones (excluding diaryl/α,β-unsaturated/α-hetero) is 4. The zero-order valence-corrected chi connectivity index (χ0v) is 86.0. The second-order valence-electron chi connectivity index (χ2n) is 46.3. The lowest BCUT2D eigenvalue weighted by molar-refractivity contribution is -0.138. The van der Waals surface area contributed by atoms with Gasteiger partial charge in [0.05, 0.1) is 35.6 Å². The zero-order valence-electron chi connectivity index (χ0n) is 86.0. The van der Waals surface area contributed by atoms with Crippen LogP contribution in [-0.2, 0) is 64.0 Å². The fourth-order valence-corrected chi connectivity index (χ4v) is 24.2. The largest absolute Gasteiger partial charge is 0.481 e. The number of aliphatic carboxylic acids is 4. The third-order valence-corrected chi connectivity index (χ3v) is 32.3. The van der Waals surface area contributed by atoms with Crippen molar-refractivity contribution < 1.29 is 76.9 Å². The number of aromatic nitrogens is 4. The maximum absolute atomic E-state index is 13.3. The van der Waals surface area contributed by atoms with Gasteiger partial charge in [-0.15, -0.1) is 0 Å². The third-order valence-electron chi connectivity index (χ3n) is 32.3. The van der Waals surface area contributed by atoms with E-state index in [1.165, 1.54) is 143 Å². The maximum Gasteiger partial charge on any atom is 0.304 e. The van der Waals surface area contributed by atoms with Crippen LogP contribution in [0.4, 0.5) is 0 Å². The number of ketones is 4. The molecule has 0 aliphatic heterocycles. The van der Waals surface area contributed by atoms with Crippen LogP contribution >= 0.6 is 0 Å². The molecular weight excluding hydrogens is 1740 g/mol. The highest BCUT2D eigenvalue weighted by atomic mass is 16.5. The lowest BCUT2D eigenvalue weighted by atomic mass is 9.55. The standard InChI is InChI=1S/C31H43NO4.C30H41NO4.C29H37NO4.C29H39NO4/c1-19(2)13-22-15-26(16-22)31-29(23-11-12-23)30(32-36-31)25(7-5-6-8-28(34)35)18-27(33)17-24-10-9-20(3)14-21(24)4;1-18(2)12-21-14-25(15-21)30-28(22-10-11-22)29(31-35-30)24(6-5-7-27(33)34)17-26(32)16-23-9-8-19(3)13-20(23)4;1-18-6-7-21(19(2)12-18)13-24(31)14-22(15-25(32)33)27-26(20-8-9-20)28(34-30-27)23-16-29(17-23)10-4-3-5-11-29;1-17(2)5-7-20-12-24(13-20)29-27(21-9-10-21)28(30-34-29)23(16-26(32)33)15-25(31)14-22-8-6-18(3)11-19(22)4/h9-10,14,19,22-23,25-26H,5-8,11-13,15-18H2,1-4H3,(H,34,35);8-9,13,18,21-22,24-25H,5-7,10-12,14-17H2,1-4H3,(H,33,34);6-7,12,20,22-23H,3-5,8-11,13-17H2,1-2H3,(H,32,33);6,8,11,17,20-21,23-24H,5,7,9-10,12-16H2,1-4H3,(H,32,33). The summed E-state index contributed by atoms with van der Waals surface area (Å²) in [5, 5.41) is 55.6. The van der Waals surface area contributed by atoms with E-state index < -0.39 is 35.7 Å². The number of carbonyl (C=O) groups excluding carboxylic acids is 4. The summed E-state index contributed by atoms with van der Waals surface area (Å²) in [6.07, 6.45) is 36.3. The van der Waals surface area contributed by atoms with E-state index in [1.54, 1.807) is 0 Å². The van der Waals surface area contributed by atoms with E-state index in [0.29, 0.717) is 111 Å². The summed E-state index contributed by atoms with van der Waals surface area (Å²) in [4.78, 5) is 98.3. The molecule has 0 saturated heterocycles. The Morgan fingerprint density at radius 2 is 0.626 bits per heavy atom. The van der Waals surface area contributed by atoms with E-state index >= 15 is 0 Å². The molecule has 139 heavy (non-hydrogen) atoms. The topological polar surface area (TPSA) is 322 Å². The van der Waals surface area contributed by atoms with Crippen LogP contribution in [0, 0.1) is 96.3 Å². The minimum absolute atomic E-state index is 0.00307. The summed E-state index contributed by atoms with van der Waals surface area (Å²) in [6, 6.07) is 24.7. The second kappa shape index (κ2) is 47.9. The minimum Gasteiger partial charge on any atom is -0.481 e. The van der Waals surface area contributed by atoms with E-state index in [0.717, 1.165) is 201 Å². The molecular formula is C119H160N4O16. The fraction of sp³-hybridized carbons (Fsp3) is 0.630. The fourth-order valence-electron chi connectivity index (χ4n) is 24.2. The number of rotatable bonds is 48. The van der Waals surface area contributed by atoms with Gasteiger partial charge in [-0.2, -0.15) is 0 Å². The summed E-state index contributed by atoms with van der Waals surface area (Å²) in [7, 11) is 0.